The summed E-state index contributed by atoms with van der Waals surface area (Å²) in [4.78, 5) is 12.8. The summed E-state index contributed by atoms with van der Waals surface area (Å²) in [5.41, 5.74) is 0.477. The minimum atomic E-state index is -3.74. The van der Waals surface area contributed by atoms with Crippen molar-refractivity contribution in [1.29, 1.82) is 0 Å². The lowest BCUT2D eigenvalue weighted by atomic mass is 10.1. The van der Waals surface area contributed by atoms with Crippen LogP contribution in [0.4, 0.5) is 4.39 Å². The highest BCUT2D eigenvalue weighted by Crippen LogP contribution is 2.34. The molecular weight excluding hydrogens is 249 g/mol. The Morgan fingerprint density at radius 2 is 2.06 bits per heavy atom. The molecule has 5 nitrogen and oxygen atoms in total. The molecule has 1 aromatic rings. The van der Waals surface area contributed by atoms with Crippen molar-refractivity contribution >= 4 is 16.0 Å². The summed E-state index contributed by atoms with van der Waals surface area (Å²) in [6, 6.07) is 3.56. The third kappa shape index (κ3) is 2.16. The van der Waals surface area contributed by atoms with Gasteiger partial charge in [0, 0.05) is 18.2 Å². The second-order valence-corrected chi connectivity index (χ2v) is 5.40. The molecule has 2 rings (SSSR count). The molecule has 0 radical (unpaired) electrons. The molecule has 0 saturated carbocycles. The molecule has 92 valence electrons. The summed E-state index contributed by atoms with van der Waals surface area (Å²) in [7, 11) is -2.34. The highest BCUT2D eigenvalue weighted by atomic mass is 32.2. The van der Waals surface area contributed by atoms with Crippen molar-refractivity contribution in [2.24, 2.45) is 0 Å². The lowest BCUT2D eigenvalue weighted by Crippen LogP contribution is -2.26. The normalized spacial score (nSPS) is 19.6. The molecule has 0 aliphatic carbocycles. The number of nitrogens with zero attached hydrogens (tertiary/aromatic N) is 1. The average Bonchev–Trinajstić information content (AvgIpc) is 2.42. The molecule has 1 aliphatic heterocycles. The first-order valence-electron chi connectivity index (χ1n) is 4.74. The quantitative estimate of drug-likeness (QED) is 0.740. The third-order valence-corrected chi connectivity index (χ3v) is 2.98. The van der Waals surface area contributed by atoms with Gasteiger partial charge in [-0.3, -0.25) is 4.79 Å². The SMILES string of the molecule is CN1C(=O)c2ccc(F)cc2[C@H]1OS(C)(=O)=O. The van der Waals surface area contributed by atoms with Crippen LogP contribution in [0.2, 0.25) is 0 Å². The molecule has 17 heavy (non-hydrogen) atoms. The zero-order valence-electron chi connectivity index (χ0n) is 9.18. The van der Waals surface area contributed by atoms with Gasteiger partial charge in [-0.2, -0.15) is 8.42 Å². The van der Waals surface area contributed by atoms with Crippen LogP contribution in [0.1, 0.15) is 22.1 Å². The van der Waals surface area contributed by atoms with Gasteiger partial charge < -0.3 is 4.90 Å². The van der Waals surface area contributed by atoms with E-state index in [2.05, 4.69) is 0 Å². The standard InChI is InChI=1S/C10H10FNO4S/c1-12-9(13)7-4-3-6(11)5-8(7)10(12)16-17(2,14)15/h3-5,10H,1-2H3/t10-/m1/s1. The molecule has 0 bridgehead atoms. The van der Waals surface area contributed by atoms with E-state index in [0.29, 0.717) is 0 Å². The monoisotopic (exact) mass is 259 g/mol. The molecule has 0 saturated heterocycles. The maximum Gasteiger partial charge on any atom is 0.266 e. The largest absolute Gasteiger partial charge is 0.311 e. The Bertz CT molecular complexity index is 584. The van der Waals surface area contributed by atoms with Gasteiger partial charge in [0.05, 0.1) is 6.26 Å². The van der Waals surface area contributed by atoms with Gasteiger partial charge in [0.25, 0.3) is 16.0 Å². The van der Waals surface area contributed by atoms with Crippen molar-refractivity contribution in [3.8, 4) is 0 Å². The van der Waals surface area contributed by atoms with E-state index in [0.717, 1.165) is 23.3 Å². The first kappa shape index (κ1) is 12.0. The van der Waals surface area contributed by atoms with Crippen LogP contribution in [0.25, 0.3) is 0 Å². The van der Waals surface area contributed by atoms with Crippen molar-refractivity contribution in [3.63, 3.8) is 0 Å². The summed E-state index contributed by atoms with van der Waals surface area (Å²) in [5.74, 6) is -0.942. The van der Waals surface area contributed by atoms with Crippen LogP contribution in [0.5, 0.6) is 0 Å². The lowest BCUT2D eigenvalue weighted by molar-refractivity contribution is 0.0457. The maximum atomic E-state index is 13.1. The molecule has 1 heterocycles. The number of fused-ring (bicyclic) bond motifs is 1. The van der Waals surface area contributed by atoms with Crippen LogP contribution in [-0.2, 0) is 14.3 Å². The van der Waals surface area contributed by atoms with Gasteiger partial charge in [-0.25, -0.2) is 8.57 Å². The summed E-state index contributed by atoms with van der Waals surface area (Å²) in [5, 5.41) is 0. The highest BCUT2D eigenvalue weighted by molar-refractivity contribution is 7.86. The van der Waals surface area contributed by atoms with E-state index in [1.807, 2.05) is 0 Å². The van der Waals surface area contributed by atoms with E-state index in [1.165, 1.54) is 13.1 Å². The molecule has 0 spiro atoms. The molecule has 7 heteroatoms. The van der Waals surface area contributed by atoms with E-state index in [4.69, 9.17) is 4.18 Å². The predicted molar refractivity (Wildman–Crippen MR) is 57.2 cm³/mol. The fourth-order valence-corrected chi connectivity index (χ4v) is 2.28. The van der Waals surface area contributed by atoms with Gasteiger partial charge in [0.1, 0.15) is 5.82 Å². The van der Waals surface area contributed by atoms with Gasteiger partial charge in [0.15, 0.2) is 6.23 Å². The van der Waals surface area contributed by atoms with E-state index >= 15 is 0 Å². The van der Waals surface area contributed by atoms with Crippen LogP contribution >= 0.6 is 0 Å². The summed E-state index contributed by atoms with van der Waals surface area (Å²) >= 11 is 0. The Kier molecular flexibility index (Phi) is 2.67. The Morgan fingerprint density at radius 1 is 1.41 bits per heavy atom. The second kappa shape index (κ2) is 3.78. The Balaban J connectivity index is 2.50. The fourth-order valence-electron chi connectivity index (χ4n) is 1.72. The van der Waals surface area contributed by atoms with Gasteiger partial charge in [-0.1, -0.05) is 0 Å². The summed E-state index contributed by atoms with van der Waals surface area (Å²) < 4.78 is 40.0. The van der Waals surface area contributed by atoms with Crippen molar-refractivity contribution in [1.82, 2.24) is 4.90 Å². The average molecular weight is 259 g/mol. The second-order valence-electron chi connectivity index (χ2n) is 3.80. The van der Waals surface area contributed by atoms with Crippen LogP contribution in [-0.4, -0.2) is 32.5 Å². The smallest absolute Gasteiger partial charge is 0.266 e. The van der Waals surface area contributed by atoms with Crippen molar-refractivity contribution in [2.45, 2.75) is 6.23 Å². The first-order valence-corrected chi connectivity index (χ1v) is 6.56. The summed E-state index contributed by atoms with van der Waals surface area (Å²) in [6.45, 7) is 0. The fraction of sp³-hybridized carbons (Fsp3) is 0.300. The molecule has 1 amide bonds. The highest BCUT2D eigenvalue weighted by Gasteiger charge is 2.37. The molecule has 0 fully saturated rings. The predicted octanol–water partition coefficient (Wildman–Crippen LogP) is 0.886. The van der Waals surface area contributed by atoms with Crippen LogP contribution in [0.15, 0.2) is 18.2 Å². The zero-order valence-corrected chi connectivity index (χ0v) is 9.99. The van der Waals surface area contributed by atoms with Gasteiger partial charge in [0.2, 0.25) is 0 Å². The lowest BCUT2D eigenvalue weighted by Gasteiger charge is -2.19. The Hall–Kier alpha value is -1.47. The van der Waals surface area contributed by atoms with Gasteiger partial charge in [-0.15, -0.1) is 0 Å². The number of hydrogen-bond donors (Lipinski definition) is 0. The minimum absolute atomic E-state index is 0.225. The molecule has 1 aliphatic rings. The van der Waals surface area contributed by atoms with Crippen molar-refractivity contribution < 1.29 is 21.8 Å². The van der Waals surface area contributed by atoms with Crippen molar-refractivity contribution in [3.05, 3.63) is 35.1 Å². The maximum absolute atomic E-state index is 13.1. The molecule has 0 aromatic heterocycles. The van der Waals surface area contributed by atoms with Crippen LogP contribution in [0.3, 0.4) is 0 Å². The van der Waals surface area contributed by atoms with Gasteiger partial charge >= 0.3 is 0 Å². The number of hydrogen-bond acceptors (Lipinski definition) is 4. The number of amides is 1. The molecular formula is C10H10FNO4S. The minimum Gasteiger partial charge on any atom is -0.311 e. The molecule has 0 N–H and O–H groups in total. The number of benzene rings is 1. The van der Waals surface area contributed by atoms with Crippen LogP contribution < -0.4 is 0 Å². The van der Waals surface area contributed by atoms with Gasteiger partial charge in [-0.05, 0) is 18.2 Å². The number of rotatable bonds is 2. The summed E-state index contributed by atoms with van der Waals surface area (Å²) in [6.07, 6.45) is -0.217. The van der Waals surface area contributed by atoms with Crippen LogP contribution in [0, 0.1) is 5.82 Å². The number of carbonyl (C=O) groups excluding carboxylic acids is 1. The zero-order chi connectivity index (χ0) is 12.8. The topological polar surface area (TPSA) is 63.7 Å². The molecule has 1 aromatic carbocycles. The van der Waals surface area contributed by atoms with E-state index in [-0.39, 0.29) is 11.1 Å². The Labute approximate surface area is 97.9 Å². The Morgan fingerprint density at radius 3 is 2.65 bits per heavy atom. The third-order valence-electron chi connectivity index (χ3n) is 2.45. The van der Waals surface area contributed by atoms with E-state index < -0.39 is 28.1 Å². The van der Waals surface area contributed by atoms with E-state index in [9.17, 15) is 17.6 Å². The molecule has 0 unspecified atom stereocenters. The molecule has 1 atom stereocenters. The first-order chi connectivity index (χ1) is 7.79. The number of halogens is 1. The van der Waals surface area contributed by atoms with E-state index in [1.54, 1.807) is 0 Å². The van der Waals surface area contributed by atoms with Crippen molar-refractivity contribution in [2.75, 3.05) is 13.3 Å². The number of carbonyl (C=O) groups is 1.